The van der Waals surface area contributed by atoms with Gasteiger partial charge in [0.2, 0.25) is 5.91 Å². The zero-order valence-corrected chi connectivity index (χ0v) is 9.56. The van der Waals surface area contributed by atoms with Crippen LogP contribution in [0.3, 0.4) is 0 Å². The van der Waals surface area contributed by atoms with Gasteiger partial charge in [-0.15, -0.1) is 18.2 Å². The highest BCUT2D eigenvalue weighted by Crippen LogP contribution is 1.99. The summed E-state index contributed by atoms with van der Waals surface area (Å²) in [4.78, 5) is 11.3. The lowest BCUT2D eigenvalue weighted by Crippen LogP contribution is -2.44. The Labute approximate surface area is 90.2 Å². The summed E-state index contributed by atoms with van der Waals surface area (Å²) in [6.45, 7) is 4.49. The van der Waals surface area contributed by atoms with Crippen LogP contribution in [0.4, 0.5) is 0 Å². The minimum absolute atomic E-state index is 0.0821. The van der Waals surface area contributed by atoms with Crippen LogP contribution in [0.1, 0.15) is 13.8 Å². The van der Waals surface area contributed by atoms with Gasteiger partial charge in [0, 0.05) is 12.3 Å². The molecule has 0 aromatic carbocycles. The first-order valence-corrected chi connectivity index (χ1v) is 5.79. The normalized spacial score (nSPS) is 12.2. The molecule has 1 amide bonds. The van der Waals surface area contributed by atoms with Gasteiger partial charge in [-0.05, 0) is 5.92 Å². The molecule has 80 valence electrons. The summed E-state index contributed by atoms with van der Waals surface area (Å²) in [7, 11) is 0. The molecule has 0 heterocycles. The fourth-order valence-electron chi connectivity index (χ4n) is 0.798. The average Bonchev–Trinajstić information content (AvgIpc) is 2.16. The van der Waals surface area contributed by atoms with Crippen molar-refractivity contribution in [1.29, 1.82) is 0 Å². The molecule has 0 aliphatic heterocycles. The topological polar surface area (TPSA) is 55.1 Å². The highest BCUT2D eigenvalue weighted by atomic mass is 32.2. The second-order valence-corrected chi connectivity index (χ2v) is 4.42. The second kappa shape index (κ2) is 7.72. The molecule has 0 rings (SSSR count). The van der Waals surface area contributed by atoms with Gasteiger partial charge in [-0.2, -0.15) is 0 Å². The van der Waals surface area contributed by atoms with Crippen molar-refractivity contribution in [3.8, 4) is 12.3 Å². The molecular weight excluding hydrogens is 196 g/mol. The number of amides is 1. The van der Waals surface area contributed by atoms with Crippen molar-refractivity contribution < 1.29 is 4.79 Å². The van der Waals surface area contributed by atoms with Crippen molar-refractivity contribution >= 4 is 17.7 Å². The maximum Gasteiger partial charge on any atom is 0.237 e. The average molecular weight is 214 g/mol. The number of nitrogens with two attached hydrogens (primary N) is 1. The van der Waals surface area contributed by atoms with E-state index in [1.807, 2.05) is 13.8 Å². The van der Waals surface area contributed by atoms with Gasteiger partial charge >= 0.3 is 0 Å². The molecule has 3 nitrogen and oxygen atoms in total. The third kappa shape index (κ3) is 5.90. The third-order valence-corrected chi connectivity index (χ3v) is 2.62. The van der Waals surface area contributed by atoms with Gasteiger partial charge in [-0.25, -0.2) is 0 Å². The maximum atomic E-state index is 11.3. The molecule has 0 spiro atoms. The summed E-state index contributed by atoms with van der Waals surface area (Å²) in [5, 5.41) is 2.77. The van der Waals surface area contributed by atoms with Crippen LogP contribution in [0.5, 0.6) is 0 Å². The summed E-state index contributed by atoms with van der Waals surface area (Å²) in [5.74, 6) is 4.14. The first-order valence-electron chi connectivity index (χ1n) is 4.64. The Morgan fingerprint density at radius 3 is 2.79 bits per heavy atom. The Balaban J connectivity index is 3.50. The molecule has 0 aromatic heterocycles. The number of carbonyl (C=O) groups is 1. The molecule has 0 fully saturated rings. The molecule has 0 aliphatic rings. The van der Waals surface area contributed by atoms with Crippen molar-refractivity contribution in [1.82, 2.24) is 5.32 Å². The summed E-state index contributed by atoms with van der Waals surface area (Å²) < 4.78 is 0. The number of thioether (sulfide) groups is 1. The van der Waals surface area contributed by atoms with E-state index < -0.39 is 6.04 Å². The van der Waals surface area contributed by atoms with Gasteiger partial charge < -0.3 is 11.1 Å². The molecule has 0 saturated carbocycles. The van der Waals surface area contributed by atoms with Gasteiger partial charge in [-0.3, -0.25) is 4.79 Å². The van der Waals surface area contributed by atoms with Crippen molar-refractivity contribution in [3.63, 3.8) is 0 Å². The van der Waals surface area contributed by atoms with Crippen LogP contribution in [0.25, 0.3) is 0 Å². The Kier molecular flexibility index (Phi) is 7.35. The number of rotatable bonds is 6. The summed E-state index contributed by atoms with van der Waals surface area (Å²) in [5.41, 5.74) is 5.65. The predicted octanol–water partition coefficient (Wildman–Crippen LogP) is 0.452. The molecule has 1 atom stereocenters. The standard InChI is InChI=1S/C10H18N2OS/c1-4-6-14-7-5-12-10(13)9(11)8(2)3/h1,8-9H,5-7,11H2,2-3H3,(H,12,13)/t9-/m1/s1. The fourth-order valence-corrected chi connectivity index (χ4v) is 1.31. The van der Waals surface area contributed by atoms with Gasteiger partial charge in [0.05, 0.1) is 11.8 Å². The van der Waals surface area contributed by atoms with E-state index in [9.17, 15) is 4.79 Å². The van der Waals surface area contributed by atoms with Crippen molar-refractivity contribution in [2.24, 2.45) is 11.7 Å². The monoisotopic (exact) mass is 214 g/mol. The maximum absolute atomic E-state index is 11.3. The summed E-state index contributed by atoms with van der Waals surface area (Å²) in [6, 6.07) is -0.410. The van der Waals surface area contributed by atoms with Crippen molar-refractivity contribution in [2.45, 2.75) is 19.9 Å². The van der Waals surface area contributed by atoms with Crippen LogP contribution in [0.15, 0.2) is 0 Å². The minimum Gasteiger partial charge on any atom is -0.354 e. The van der Waals surface area contributed by atoms with E-state index in [1.54, 1.807) is 11.8 Å². The number of carbonyl (C=O) groups excluding carboxylic acids is 1. The lowest BCUT2D eigenvalue weighted by Gasteiger charge is -2.14. The predicted molar refractivity (Wildman–Crippen MR) is 62.0 cm³/mol. The van der Waals surface area contributed by atoms with E-state index in [2.05, 4.69) is 11.2 Å². The zero-order chi connectivity index (χ0) is 11.0. The molecular formula is C10H18N2OS. The van der Waals surface area contributed by atoms with Gasteiger partial charge in [0.15, 0.2) is 0 Å². The Bertz CT molecular complexity index is 211. The van der Waals surface area contributed by atoms with Crippen molar-refractivity contribution in [2.75, 3.05) is 18.1 Å². The van der Waals surface area contributed by atoms with Crippen LogP contribution in [-0.2, 0) is 4.79 Å². The van der Waals surface area contributed by atoms with E-state index in [0.717, 1.165) is 5.75 Å². The zero-order valence-electron chi connectivity index (χ0n) is 8.75. The number of terminal acetylenes is 1. The molecule has 0 bridgehead atoms. The van der Waals surface area contributed by atoms with E-state index in [1.165, 1.54) is 0 Å². The van der Waals surface area contributed by atoms with Crippen LogP contribution in [-0.4, -0.2) is 30.0 Å². The van der Waals surface area contributed by atoms with Crippen LogP contribution in [0, 0.1) is 18.3 Å². The molecule has 14 heavy (non-hydrogen) atoms. The first kappa shape index (κ1) is 13.3. The molecule has 4 heteroatoms. The Hall–Kier alpha value is -0.660. The number of hydrogen-bond donors (Lipinski definition) is 2. The second-order valence-electron chi connectivity index (χ2n) is 3.32. The minimum atomic E-state index is -0.410. The molecule has 0 radical (unpaired) electrons. The Morgan fingerprint density at radius 2 is 2.29 bits per heavy atom. The Morgan fingerprint density at radius 1 is 1.64 bits per heavy atom. The number of hydrogen-bond acceptors (Lipinski definition) is 3. The van der Waals surface area contributed by atoms with Crippen LogP contribution in [0.2, 0.25) is 0 Å². The van der Waals surface area contributed by atoms with Crippen molar-refractivity contribution in [3.05, 3.63) is 0 Å². The quantitative estimate of drug-likeness (QED) is 0.499. The van der Waals surface area contributed by atoms with E-state index in [0.29, 0.717) is 12.3 Å². The van der Waals surface area contributed by atoms with Gasteiger partial charge in [0.1, 0.15) is 0 Å². The molecule has 0 aliphatic carbocycles. The molecule has 0 aromatic rings. The molecule has 0 unspecified atom stereocenters. The molecule has 0 saturated heterocycles. The lowest BCUT2D eigenvalue weighted by atomic mass is 10.1. The largest absolute Gasteiger partial charge is 0.354 e. The summed E-state index contributed by atoms with van der Waals surface area (Å²) in [6.07, 6.45) is 5.08. The van der Waals surface area contributed by atoms with E-state index in [-0.39, 0.29) is 11.8 Å². The van der Waals surface area contributed by atoms with Crippen LogP contribution >= 0.6 is 11.8 Å². The van der Waals surface area contributed by atoms with Gasteiger partial charge in [-0.1, -0.05) is 19.8 Å². The number of nitrogens with one attached hydrogen (secondary N) is 1. The third-order valence-electron chi connectivity index (χ3n) is 1.75. The highest BCUT2D eigenvalue weighted by Gasteiger charge is 2.15. The SMILES string of the molecule is C#CCSCCNC(=O)[C@H](N)C(C)C. The fraction of sp³-hybridized carbons (Fsp3) is 0.700. The van der Waals surface area contributed by atoms with Gasteiger partial charge in [0.25, 0.3) is 0 Å². The van der Waals surface area contributed by atoms with E-state index >= 15 is 0 Å². The smallest absolute Gasteiger partial charge is 0.237 e. The summed E-state index contributed by atoms with van der Waals surface area (Å²) >= 11 is 1.62. The highest BCUT2D eigenvalue weighted by molar-refractivity contribution is 7.99. The molecule has 3 N–H and O–H groups in total. The lowest BCUT2D eigenvalue weighted by molar-refractivity contribution is -0.123. The van der Waals surface area contributed by atoms with Crippen LogP contribution < -0.4 is 11.1 Å². The first-order chi connectivity index (χ1) is 6.59. The van der Waals surface area contributed by atoms with E-state index in [4.69, 9.17) is 12.2 Å².